The summed E-state index contributed by atoms with van der Waals surface area (Å²) in [6.45, 7) is 4.16. The molecule has 4 heteroatoms. The molecule has 1 aromatic rings. The molecule has 2 N–H and O–H groups in total. The molecule has 0 saturated heterocycles. The number of amides is 1. The second kappa shape index (κ2) is 4.20. The number of hydrogen-bond acceptors (Lipinski definition) is 2. The summed E-state index contributed by atoms with van der Waals surface area (Å²) in [7, 11) is 0. The SMILES string of the molecule is CC(C)c1ccc2c(c1)CC(C(=O)O)C(=O)N2. The maximum Gasteiger partial charge on any atom is 0.316 e. The van der Waals surface area contributed by atoms with Gasteiger partial charge in [0.25, 0.3) is 0 Å². The van der Waals surface area contributed by atoms with Gasteiger partial charge in [-0.05, 0) is 29.5 Å². The van der Waals surface area contributed by atoms with Crippen LogP contribution in [0.2, 0.25) is 0 Å². The Kier molecular flexibility index (Phi) is 2.88. The Morgan fingerprint density at radius 2 is 2.18 bits per heavy atom. The Hall–Kier alpha value is -1.84. The van der Waals surface area contributed by atoms with Crippen LogP contribution in [0.3, 0.4) is 0 Å². The molecule has 0 fully saturated rings. The molecule has 0 bridgehead atoms. The van der Waals surface area contributed by atoms with Gasteiger partial charge in [-0.25, -0.2) is 0 Å². The number of anilines is 1. The lowest BCUT2D eigenvalue weighted by atomic mass is 9.90. The molecule has 1 amide bonds. The summed E-state index contributed by atoms with van der Waals surface area (Å²) >= 11 is 0. The molecular weight excluding hydrogens is 218 g/mol. The number of carboxylic acid groups (broad SMARTS) is 1. The van der Waals surface area contributed by atoms with Crippen LogP contribution in [0.1, 0.15) is 30.9 Å². The predicted molar refractivity (Wildman–Crippen MR) is 64.0 cm³/mol. The van der Waals surface area contributed by atoms with Gasteiger partial charge in [-0.15, -0.1) is 0 Å². The number of fused-ring (bicyclic) bond motifs is 1. The number of carboxylic acids is 1. The Balaban J connectivity index is 2.37. The average Bonchev–Trinajstić information content (AvgIpc) is 2.27. The van der Waals surface area contributed by atoms with Crippen LogP contribution < -0.4 is 5.32 Å². The van der Waals surface area contributed by atoms with Gasteiger partial charge in [0, 0.05) is 5.69 Å². The maximum atomic E-state index is 11.5. The smallest absolute Gasteiger partial charge is 0.316 e. The van der Waals surface area contributed by atoms with E-state index in [0.29, 0.717) is 5.92 Å². The first-order valence-corrected chi connectivity index (χ1v) is 5.65. The molecule has 90 valence electrons. The quantitative estimate of drug-likeness (QED) is 0.768. The number of benzene rings is 1. The van der Waals surface area contributed by atoms with Crippen molar-refractivity contribution in [3.05, 3.63) is 29.3 Å². The zero-order valence-corrected chi connectivity index (χ0v) is 9.86. The summed E-state index contributed by atoms with van der Waals surface area (Å²) in [4.78, 5) is 22.5. The van der Waals surface area contributed by atoms with Crippen LogP contribution in [0.15, 0.2) is 18.2 Å². The van der Waals surface area contributed by atoms with E-state index in [0.717, 1.165) is 16.8 Å². The molecule has 1 heterocycles. The van der Waals surface area contributed by atoms with Gasteiger partial charge in [-0.1, -0.05) is 26.0 Å². The number of rotatable bonds is 2. The number of carbonyl (C=O) groups is 2. The monoisotopic (exact) mass is 233 g/mol. The zero-order chi connectivity index (χ0) is 12.6. The second-order valence-corrected chi connectivity index (χ2v) is 4.66. The molecule has 0 saturated carbocycles. The fraction of sp³-hybridized carbons (Fsp3) is 0.385. The van der Waals surface area contributed by atoms with Crippen molar-refractivity contribution in [2.45, 2.75) is 26.2 Å². The van der Waals surface area contributed by atoms with Gasteiger partial charge in [0.15, 0.2) is 0 Å². The van der Waals surface area contributed by atoms with Gasteiger partial charge < -0.3 is 10.4 Å². The van der Waals surface area contributed by atoms with Crippen molar-refractivity contribution < 1.29 is 14.7 Å². The van der Waals surface area contributed by atoms with Crippen molar-refractivity contribution in [1.82, 2.24) is 0 Å². The first-order valence-electron chi connectivity index (χ1n) is 5.65. The highest BCUT2D eigenvalue weighted by atomic mass is 16.4. The highest BCUT2D eigenvalue weighted by Gasteiger charge is 2.31. The number of aliphatic carboxylic acids is 1. The van der Waals surface area contributed by atoms with E-state index < -0.39 is 17.8 Å². The Morgan fingerprint density at radius 1 is 1.47 bits per heavy atom. The minimum absolute atomic E-state index is 0.275. The maximum absolute atomic E-state index is 11.5. The normalized spacial score (nSPS) is 18.8. The molecule has 1 aliphatic rings. The summed E-state index contributed by atoms with van der Waals surface area (Å²) in [5.41, 5.74) is 2.80. The lowest BCUT2D eigenvalue weighted by molar-refractivity contribution is -0.145. The van der Waals surface area contributed by atoms with Gasteiger partial charge in [-0.2, -0.15) is 0 Å². The van der Waals surface area contributed by atoms with Crippen LogP contribution in [0.25, 0.3) is 0 Å². The molecule has 1 atom stereocenters. The van der Waals surface area contributed by atoms with E-state index in [4.69, 9.17) is 5.11 Å². The number of nitrogens with one attached hydrogen (secondary N) is 1. The fourth-order valence-electron chi connectivity index (χ4n) is 2.00. The van der Waals surface area contributed by atoms with E-state index >= 15 is 0 Å². The summed E-state index contributed by atoms with van der Waals surface area (Å²) in [5, 5.41) is 11.6. The largest absolute Gasteiger partial charge is 0.481 e. The van der Waals surface area contributed by atoms with Crippen LogP contribution in [-0.4, -0.2) is 17.0 Å². The van der Waals surface area contributed by atoms with Crippen molar-refractivity contribution >= 4 is 17.6 Å². The van der Waals surface area contributed by atoms with E-state index in [1.807, 2.05) is 18.2 Å². The standard InChI is InChI=1S/C13H15NO3/c1-7(2)8-3-4-11-9(5-8)6-10(13(16)17)12(15)14-11/h3-5,7,10H,6H2,1-2H3,(H,14,15)(H,16,17). The first kappa shape index (κ1) is 11.6. The van der Waals surface area contributed by atoms with Crippen molar-refractivity contribution in [3.8, 4) is 0 Å². The lowest BCUT2D eigenvalue weighted by Gasteiger charge is -2.23. The van der Waals surface area contributed by atoms with Gasteiger partial charge in [0.05, 0.1) is 0 Å². The fourth-order valence-corrected chi connectivity index (χ4v) is 2.00. The van der Waals surface area contributed by atoms with Gasteiger partial charge in [0.2, 0.25) is 5.91 Å². The molecule has 0 aromatic heterocycles. The topological polar surface area (TPSA) is 66.4 Å². The average molecular weight is 233 g/mol. The Morgan fingerprint density at radius 3 is 2.76 bits per heavy atom. The second-order valence-electron chi connectivity index (χ2n) is 4.66. The Labute approximate surface area is 99.6 Å². The third kappa shape index (κ3) is 2.16. The summed E-state index contributed by atoms with van der Waals surface area (Å²) in [5.74, 6) is -2.07. The lowest BCUT2D eigenvalue weighted by Crippen LogP contribution is -2.35. The first-order chi connectivity index (χ1) is 7.99. The Bertz CT molecular complexity index is 480. The molecule has 1 unspecified atom stereocenters. The molecule has 4 nitrogen and oxygen atoms in total. The third-order valence-electron chi connectivity index (χ3n) is 3.09. The molecule has 0 aliphatic carbocycles. The van der Waals surface area contributed by atoms with Crippen molar-refractivity contribution in [2.75, 3.05) is 5.32 Å². The van der Waals surface area contributed by atoms with Gasteiger partial charge in [0.1, 0.15) is 5.92 Å². The van der Waals surface area contributed by atoms with Crippen LogP contribution in [-0.2, 0) is 16.0 Å². The van der Waals surface area contributed by atoms with E-state index in [-0.39, 0.29) is 6.42 Å². The number of carbonyl (C=O) groups excluding carboxylic acids is 1. The van der Waals surface area contributed by atoms with Gasteiger partial charge in [-0.3, -0.25) is 9.59 Å². The molecule has 2 rings (SSSR count). The molecule has 1 aromatic carbocycles. The van der Waals surface area contributed by atoms with Crippen molar-refractivity contribution in [3.63, 3.8) is 0 Å². The molecular formula is C13H15NO3. The summed E-state index contributed by atoms with van der Waals surface area (Å²) in [6.07, 6.45) is 0.275. The third-order valence-corrected chi connectivity index (χ3v) is 3.09. The van der Waals surface area contributed by atoms with Crippen molar-refractivity contribution in [2.24, 2.45) is 5.92 Å². The van der Waals surface area contributed by atoms with E-state index in [2.05, 4.69) is 19.2 Å². The molecule has 0 spiro atoms. The number of hydrogen-bond donors (Lipinski definition) is 2. The predicted octanol–water partition coefficient (Wildman–Crippen LogP) is 2.01. The molecule has 17 heavy (non-hydrogen) atoms. The molecule has 0 radical (unpaired) electrons. The van der Waals surface area contributed by atoms with Crippen molar-refractivity contribution in [1.29, 1.82) is 0 Å². The van der Waals surface area contributed by atoms with Gasteiger partial charge >= 0.3 is 5.97 Å². The van der Waals surface area contributed by atoms with Crippen LogP contribution in [0.5, 0.6) is 0 Å². The summed E-state index contributed by atoms with van der Waals surface area (Å²) in [6, 6.07) is 5.79. The van der Waals surface area contributed by atoms with E-state index in [1.54, 1.807) is 0 Å². The highest BCUT2D eigenvalue weighted by molar-refractivity contribution is 6.06. The van der Waals surface area contributed by atoms with Crippen LogP contribution in [0.4, 0.5) is 5.69 Å². The highest BCUT2D eigenvalue weighted by Crippen LogP contribution is 2.28. The molecule has 1 aliphatic heterocycles. The van der Waals surface area contributed by atoms with E-state index in [9.17, 15) is 9.59 Å². The minimum Gasteiger partial charge on any atom is -0.481 e. The zero-order valence-electron chi connectivity index (χ0n) is 9.86. The van der Waals surface area contributed by atoms with E-state index in [1.165, 1.54) is 0 Å². The minimum atomic E-state index is -1.07. The van der Waals surface area contributed by atoms with Crippen LogP contribution in [0, 0.1) is 5.92 Å². The summed E-state index contributed by atoms with van der Waals surface area (Å²) < 4.78 is 0. The van der Waals surface area contributed by atoms with Crippen LogP contribution >= 0.6 is 0 Å².